The Hall–Kier alpha value is -0.990. The Kier molecular flexibility index (Phi) is 2.18. The average Bonchev–Trinajstić information content (AvgIpc) is 2.10. The number of Topliss-reactive ketones (excluding diaryl/α,β-unsaturated/α-hetero) is 3. The molecule has 1 fully saturated rings. The third-order valence-corrected chi connectivity index (χ3v) is 4.08. The van der Waals surface area contributed by atoms with Crippen molar-refractivity contribution in [2.45, 2.75) is 34.6 Å². The van der Waals surface area contributed by atoms with Crippen LogP contribution in [-0.2, 0) is 14.4 Å². The number of hydrogen-bond acceptors (Lipinski definition) is 3. The van der Waals surface area contributed by atoms with Crippen LogP contribution in [-0.4, -0.2) is 17.3 Å². The lowest BCUT2D eigenvalue weighted by atomic mass is 9.54. The lowest BCUT2D eigenvalue weighted by Gasteiger charge is -2.46. The van der Waals surface area contributed by atoms with Gasteiger partial charge >= 0.3 is 0 Å². The maximum absolute atomic E-state index is 11.6. The zero-order chi connectivity index (χ0) is 11.3. The van der Waals surface area contributed by atoms with Crippen molar-refractivity contribution in [2.75, 3.05) is 0 Å². The van der Waals surface area contributed by atoms with Gasteiger partial charge in [-0.05, 0) is 5.41 Å². The molecular formula is C11H16O3. The van der Waals surface area contributed by atoms with Gasteiger partial charge < -0.3 is 0 Å². The van der Waals surface area contributed by atoms with E-state index in [9.17, 15) is 14.4 Å². The topological polar surface area (TPSA) is 51.2 Å². The molecule has 1 atom stereocenters. The number of ketones is 3. The largest absolute Gasteiger partial charge is 0.290 e. The minimum Gasteiger partial charge on any atom is -0.290 e. The van der Waals surface area contributed by atoms with Crippen molar-refractivity contribution in [2.24, 2.45) is 16.7 Å². The minimum absolute atomic E-state index is 0.386. The molecule has 0 heterocycles. The van der Waals surface area contributed by atoms with Crippen LogP contribution in [0.3, 0.4) is 0 Å². The predicted octanol–water partition coefficient (Wildman–Crippen LogP) is 1.40. The fraction of sp³-hybridized carbons (Fsp3) is 0.727. The van der Waals surface area contributed by atoms with Gasteiger partial charge in [-0.2, -0.15) is 0 Å². The highest BCUT2D eigenvalue weighted by Gasteiger charge is 2.56. The van der Waals surface area contributed by atoms with Gasteiger partial charge in [0, 0.05) is 11.3 Å². The normalized spacial score (nSPS) is 30.6. The Morgan fingerprint density at radius 3 is 1.86 bits per heavy atom. The van der Waals surface area contributed by atoms with E-state index in [1.807, 2.05) is 13.8 Å². The predicted molar refractivity (Wildman–Crippen MR) is 51.7 cm³/mol. The Balaban J connectivity index is 3.31. The molecule has 0 bridgehead atoms. The summed E-state index contributed by atoms with van der Waals surface area (Å²) in [6.45, 7) is 8.90. The van der Waals surface area contributed by atoms with Crippen molar-refractivity contribution < 1.29 is 14.4 Å². The van der Waals surface area contributed by atoms with Crippen molar-refractivity contribution >= 4 is 17.3 Å². The molecule has 1 saturated carbocycles. The first-order valence-electron chi connectivity index (χ1n) is 4.77. The maximum atomic E-state index is 11.6. The summed E-state index contributed by atoms with van der Waals surface area (Å²) in [4.78, 5) is 34.5. The van der Waals surface area contributed by atoms with Crippen molar-refractivity contribution in [1.82, 2.24) is 0 Å². The summed E-state index contributed by atoms with van der Waals surface area (Å²) >= 11 is 0. The third kappa shape index (κ3) is 1.08. The Morgan fingerprint density at radius 1 is 1.00 bits per heavy atom. The molecule has 1 aliphatic rings. The monoisotopic (exact) mass is 196 g/mol. The Labute approximate surface area is 83.9 Å². The molecule has 0 radical (unpaired) electrons. The second-order valence-electron chi connectivity index (χ2n) is 5.09. The van der Waals surface area contributed by atoms with Crippen molar-refractivity contribution in [1.29, 1.82) is 0 Å². The second-order valence-corrected chi connectivity index (χ2v) is 5.09. The zero-order valence-electron chi connectivity index (χ0n) is 9.30. The molecule has 0 N–H and O–H groups in total. The number of carbonyl (C=O) groups excluding carboxylic acids is 3. The summed E-state index contributed by atoms with van der Waals surface area (Å²) in [5, 5.41) is 0. The summed E-state index contributed by atoms with van der Waals surface area (Å²) < 4.78 is 0. The Bertz CT molecular complexity index is 323. The van der Waals surface area contributed by atoms with Crippen molar-refractivity contribution in [3.8, 4) is 0 Å². The molecule has 0 aliphatic heterocycles. The standard InChI is InChI=1S/C11H16O3/c1-6-7(12)8(13)9(14)11(4,5)10(6,2)3/h6H,1-5H3. The number of carbonyl (C=O) groups is 3. The van der Waals surface area contributed by atoms with E-state index in [2.05, 4.69) is 0 Å². The van der Waals surface area contributed by atoms with Crippen LogP contribution in [0.15, 0.2) is 0 Å². The van der Waals surface area contributed by atoms with E-state index in [4.69, 9.17) is 0 Å². The van der Waals surface area contributed by atoms with Crippen LogP contribution in [0.25, 0.3) is 0 Å². The lowest BCUT2D eigenvalue weighted by molar-refractivity contribution is -0.161. The summed E-state index contributed by atoms with van der Waals surface area (Å²) in [7, 11) is 0. The molecule has 0 amide bonds. The van der Waals surface area contributed by atoms with Gasteiger partial charge in [-0.3, -0.25) is 14.4 Å². The molecule has 0 aromatic rings. The first-order chi connectivity index (χ1) is 6.14. The highest BCUT2D eigenvalue weighted by Crippen LogP contribution is 2.48. The SMILES string of the molecule is CC1C(=O)C(=O)C(=O)C(C)(C)C1(C)C. The van der Waals surface area contributed by atoms with Gasteiger partial charge in [-0.25, -0.2) is 0 Å². The van der Waals surface area contributed by atoms with E-state index < -0.39 is 28.2 Å². The van der Waals surface area contributed by atoms with Gasteiger partial charge in [-0.15, -0.1) is 0 Å². The van der Waals surface area contributed by atoms with E-state index in [0.717, 1.165) is 0 Å². The fourth-order valence-corrected chi connectivity index (χ4v) is 1.75. The van der Waals surface area contributed by atoms with Crippen LogP contribution in [0, 0.1) is 16.7 Å². The highest BCUT2D eigenvalue weighted by molar-refractivity contribution is 6.66. The quantitative estimate of drug-likeness (QED) is 0.550. The van der Waals surface area contributed by atoms with Crippen molar-refractivity contribution in [3.05, 3.63) is 0 Å². The van der Waals surface area contributed by atoms with Gasteiger partial charge in [0.25, 0.3) is 5.78 Å². The van der Waals surface area contributed by atoms with Crippen LogP contribution in [0.5, 0.6) is 0 Å². The number of rotatable bonds is 0. The van der Waals surface area contributed by atoms with Crippen LogP contribution in [0.4, 0.5) is 0 Å². The lowest BCUT2D eigenvalue weighted by Crippen LogP contribution is -2.56. The summed E-state index contributed by atoms with van der Waals surface area (Å²) in [5.41, 5.74) is -1.22. The first-order valence-corrected chi connectivity index (χ1v) is 4.77. The second kappa shape index (κ2) is 2.75. The van der Waals surface area contributed by atoms with E-state index >= 15 is 0 Å². The van der Waals surface area contributed by atoms with Gasteiger partial charge in [-0.1, -0.05) is 34.6 Å². The summed E-state index contributed by atoms with van der Waals surface area (Å²) in [6.07, 6.45) is 0. The third-order valence-electron chi connectivity index (χ3n) is 4.08. The molecule has 0 saturated heterocycles. The van der Waals surface area contributed by atoms with Gasteiger partial charge in [0.05, 0.1) is 0 Å². The average molecular weight is 196 g/mol. The van der Waals surface area contributed by atoms with Crippen LogP contribution in [0.2, 0.25) is 0 Å². The smallest absolute Gasteiger partial charge is 0.264 e. The Morgan fingerprint density at radius 2 is 1.43 bits per heavy atom. The summed E-state index contributed by atoms with van der Waals surface area (Å²) in [6, 6.07) is 0. The van der Waals surface area contributed by atoms with E-state index in [-0.39, 0.29) is 5.92 Å². The van der Waals surface area contributed by atoms with Gasteiger partial charge in [0.2, 0.25) is 11.6 Å². The van der Waals surface area contributed by atoms with Crippen molar-refractivity contribution in [3.63, 3.8) is 0 Å². The van der Waals surface area contributed by atoms with Crippen LogP contribution >= 0.6 is 0 Å². The van der Waals surface area contributed by atoms with Gasteiger partial charge in [0.1, 0.15) is 0 Å². The maximum Gasteiger partial charge on any atom is 0.264 e. The summed E-state index contributed by atoms with van der Waals surface area (Å²) in [5.74, 6) is -2.31. The molecule has 0 aromatic carbocycles. The molecule has 3 heteroatoms. The zero-order valence-corrected chi connectivity index (χ0v) is 9.30. The van der Waals surface area contributed by atoms with E-state index in [1.165, 1.54) is 0 Å². The van der Waals surface area contributed by atoms with Crippen LogP contribution in [0.1, 0.15) is 34.6 Å². The molecular weight excluding hydrogens is 180 g/mol. The fourth-order valence-electron chi connectivity index (χ4n) is 1.75. The molecule has 1 unspecified atom stereocenters. The molecule has 1 rings (SSSR count). The molecule has 78 valence electrons. The molecule has 0 spiro atoms. The number of hydrogen-bond donors (Lipinski definition) is 0. The molecule has 3 nitrogen and oxygen atoms in total. The molecule has 14 heavy (non-hydrogen) atoms. The first kappa shape index (κ1) is 11.1. The van der Waals surface area contributed by atoms with E-state index in [1.54, 1.807) is 20.8 Å². The molecule has 0 aromatic heterocycles. The minimum atomic E-state index is -0.832. The highest BCUT2D eigenvalue weighted by atomic mass is 16.2. The molecule has 1 aliphatic carbocycles. The van der Waals surface area contributed by atoms with Gasteiger partial charge in [0.15, 0.2) is 0 Å². The van der Waals surface area contributed by atoms with E-state index in [0.29, 0.717) is 0 Å². The van der Waals surface area contributed by atoms with Crippen LogP contribution < -0.4 is 0 Å².